The molecule has 102 valence electrons. The number of rotatable bonds is 3. The molecule has 2 aromatic rings. The third kappa shape index (κ3) is 2.61. The highest BCUT2D eigenvalue weighted by atomic mass is 35.5. The minimum atomic E-state index is 0.287. The molecule has 20 heavy (non-hydrogen) atoms. The van der Waals surface area contributed by atoms with Crippen LogP contribution in [0.3, 0.4) is 0 Å². The number of aromatic nitrogens is 1. The fraction of sp³-hybridized carbons (Fsp3) is 0.250. The van der Waals surface area contributed by atoms with Crippen LogP contribution < -0.4 is 5.73 Å². The molecule has 0 saturated heterocycles. The number of nitrogen functional groups attached to an aromatic ring is 1. The van der Waals surface area contributed by atoms with Crippen LogP contribution in [0, 0.1) is 18.3 Å². The quantitative estimate of drug-likeness (QED) is 0.923. The molecule has 0 aliphatic rings. The summed E-state index contributed by atoms with van der Waals surface area (Å²) in [6, 6.07) is 9.65. The maximum atomic E-state index is 9.40. The number of nitrogens with zero attached hydrogens (tertiary/aromatic N) is 2. The lowest BCUT2D eigenvalue weighted by atomic mass is 9.92. The highest BCUT2D eigenvalue weighted by Gasteiger charge is 2.17. The van der Waals surface area contributed by atoms with E-state index in [0.717, 1.165) is 35.2 Å². The van der Waals surface area contributed by atoms with Gasteiger partial charge in [0, 0.05) is 16.3 Å². The van der Waals surface area contributed by atoms with Gasteiger partial charge in [0.1, 0.15) is 17.5 Å². The summed E-state index contributed by atoms with van der Waals surface area (Å²) in [7, 11) is 0. The maximum absolute atomic E-state index is 9.40. The van der Waals surface area contributed by atoms with Gasteiger partial charge in [-0.15, -0.1) is 0 Å². The van der Waals surface area contributed by atoms with Crippen LogP contribution in [0.1, 0.15) is 30.2 Å². The minimum Gasteiger partial charge on any atom is -0.383 e. The van der Waals surface area contributed by atoms with Crippen molar-refractivity contribution in [2.24, 2.45) is 0 Å². The molecule has 0 aliphatic heterocycles. The topological polar surface area (TPSA) is 62.7 Å². The van der Waals surface area contributed by atoms with Gasteiger partial charge in [-0.05, 0) is 36.6 Å². The Bertz CT molecular complexity index is 670. The minimum absolute atomic E-state index is 0.287. The molecule has 2 rings (SSSR count). The lowest BCUT2D eigenvalue weighted by Gasteiger charge is -2.15. The summed E-state index contributed by atoms with van der Waals surface area (Å²) in [5.74, 6) is 0.287. The van der Waals surface area contributed by atoms with Gasteiger partial charge in [-0.3, -0.25) is 0 Å². The van der Waals surface area contributed by atoms with Gasteiger partial charge in [-0.2, -0.15) is 5.26 Å². The van der Waals surface area contributed by atoms with Gasteiger partial charge >= 0.3 is 0 Å². The van der Waals surface area contributed by atoms with E-state index >= 15 is 0 Å². The molecule has 0 amide bonds. The number of halogens is 1. The Hall–Kier alpha value is -2.05. The van der Waals surface area contributed by atoms with Gasteiger partial charge in [0.25, 0.3) is 0 Å². The van der Waals surface area contributed by atoms with Crippen LogP contribution in [-0.2, 0) is 6.42 Å². The maximum Gasteiger partial charge on any atom is 0.142 e. The zero-order valence-electron chi connectivity index (χ0n) is 11.6. The van der Waals surface area contributed by atoms with Crippen LogP contribution in [0.4, 0.5) is 5.82 Å². The number of nitrogens with two attached hydrogens (primary N) is 1. The normalized spacial score (nSPS) is 10.3. The lowest BCUT2D eigenvalue weighted by molar-refractivity contribution is 0.901. The van der Waals surface area contributed by atoms with Crippen molar-refractivity contribution in [2.75, 3.05) is 5.73 Å². The van der Waals surface area contributed by atoms with E-state index in [1.165, 1.54) is 0 Å². The molecule has 0 fully saturated rings. The van der Waals surface area contributed by atoms with E-state index in [0.29, 0.717) is 10.6 Å². The Morgan fingerprint density at radius 2 is 1.95 bits per heavy atom. The molecule has 0 aliphatic carbocycles. The van der Waals surface area contributed by atoms with E-state index in [1.807, 2.05) is 31.2 Å². The predicted octanol–water partition coefficient (Wildman–Crippen LogP) is 4.12. The van der Waals surface area contributed by atoms with Gasteiger partial charge in [-0.25, -0.2) is 4.98 Å². The van der Waals surface area contributed by atoms with E-state index in [1.54, 1.807) is 0 Å². The fourth-order valence-electron chi connectivity index (χ4n) is 2.37. The number of hydrogen-bond acceptors (Lipinski definition) is 3. The molecule has 1 aromatic heterocycles. The highest BCUT2D eigenvalue weighted by molar-refractivity contribution is 6.30. The van der Waals surface area contributed by atoms with Crippen molar-refractivity contribution in [1.29, 1.82) is 5.26 Å². The first-order valence-corrected chi connectivity index (χ1v) is 6.91. The zero-order chi connectivity index (χ0) is 14.7. The van der Waals surface area contributed by atoms with Crippen LogP contribution in [-0.4, -0.2) is 4.98 Å². The molecule has 2 N–H and O–H groups in total. The number of anilines is 1. The van der Waals surface area contributed by atoms with Crippen LogP contribution in [0.15, 0.2) is 24.3 Å². The summed E-state index contributed by atoms with van der Waals surface area (Å²) in [6.07, 6.45) is 1.85. The van der Waals surface area contributed by atoms with Gasteiger partial charge in [0.2, 0.25) is 0 Å². The van der Waals surface area contributed by atoms with Crippen molar-refractivity contribution in [3.8, 4) is 17.2 Å². The molecular formula is C16H16ClN3. The van der Waals surface area contributed by atoms with Crippen molar-refractivity contribution in [1.82, 2.24) is 4.98 Å². The zero-order valence-corrected chi connectivity index (χ0v) is 12.3. The third-order valence-corrected chi connectivity index (χ3v) is 3.53. The number of pyridine rings is 1. The number of benzene rings is 1. The Labute approximate surface area is 124 Å². The first kappa shape index (κ1) is 14.4. The molecule has 3 nitrogen and oxygen atoms in total. The van der Waals surface area contributed by atoms with Gasteiger partial charge in [-0.1, -0.05) is 37.1 Å². The molecule has 0 saturated carbocycles. The average Bonchev–Trinajstić information content (AvgIpc) is 2.42. The van der Waals surface area contributed by atoms with Crippen molar-refractivity contribution in [3.63, 3.8) is 0 Å². The van der Waals surface area contributed by atoms with Gasteiger partial charge in [0.05, 0.1) is 0 Å². The summed E-state index contributed by atoms with van der Waals surface area (Å²) in [6.45, 7) is 4.04. The first-order valence-electron chi connectivity index (χ1n) is 6.53. The Balaban J connectivity index is 2.77. The summed E-state index contributed by atoms with van der Waals surface area (Å²) in [5, 5.41) is 10.1. The number of hydrogen-bond donors (Lipinski definition) is 1. The van der Waals surface area contributed by atoms with Crippen LogP contribution in [0.5, 0.6) is 0 Å². The largest absolute Gasteiger partial charge is 0.383 e. The van der Waals surface area contributed by atoms with Crippen molar-refractivity contribution in [3.05, 3.63) is 46.1 Å². The van der Waals surface area contributed by atoms with Crippen LogP contribution in [0.25, 0.3) is 11.1 Å². The average molecular weight is 286 g/mol. The summed E-state index contributed by atoms with van der Waals surface area (Å²) in [4.78, 5) is 4.30. The van der Waals surface area contributed by atoms with Crippen molar-refractivity contribution < 1.29 is 0 Å². The highest BCUT2D eigenvalue weighted by Crippen LogP contribution is 2.33. The summed E-state index contributed by atoms with van der Waals surface area (Å²) < 4.78 is 0. The van der Waals surface area contributed by atoms with Gasteiger partial charge in [0.15, 0.2) is 0 Å². The Morgan fingerprint density at radius 3 is 2.50 bits per heavy atom. The summed E-state index contributed by atoms with van der Waals surface area (Å²) in [5.41, 5.74) is 10.2. The molecular weight excluding hydrogens is 270 g/mol. The number of nitriles is 1. The molecule has 1 aromatic carbocycles. The molecule has 0 atom stereocenters. The van der Waals surface area contributed by atoms with Gasteiger partial charge < -0.3 is 5.73 Å². The second-order valence-corrected chi connectivity index (χ2v) is 5.12. The molecule has 4 heteroatoms. The fourth-order valence-corrected chi connectivity index (χ4v) is 2.49. The number of aryl methyl sites for hydroxylation is 1. The van der Waals surface area contributed by atoms with Crippen molar-refractivity contribution >= 4 is 17.4 Å². The molecule has 0 unspecified atom stereocenters. The smallest absolute Gasteiger partial charge is 0.142 e. The Morgan fingerprint density at radius 1 is 1.30 bits per heavy atom. The van der Waals surface area contributed by atoms with Crippen LogP contribution in [0.2, 0.25) is 5.02 Å². The molecule has 0 spiro atoms. The van der Waals surface area contributed by atoms with E-state index in [9.17, 15) is 5.26 Å². The van der Waals surface area contributed by atoms with Crippen molar-refractivity contribution in [2.45, 2.75) is 26.7 Å². The lowest BCUT2D eigenvalue weighted by Crippen LogP contribution is -2.05. The third-order valence-electron chi connectivity index (χ3n) is 3.28. The summed E-state index contributed by atoms with van der Waals surface area (Å²) >= 11 is 5.93. The SMILES string of the molecule is CCCc1c(C)nc(N)c(C#N)c1-c1ccc(Cl)cc1. The monoisotopic (exact) mass is 285 g/mol. The second kappa shape index (κ2) is 5.94. The van der Waals surface area contributed by atoms with E-state index in [2.05, 4.69) is 18.0 Å². The Kier molecular flexibility index (Phi) is 4.26. The standard InChI is InChI=1S/C16H16ClN3/c1-3-4-13-10(2)20-16(19)14(9-18)15(13)11-5-7-12(17)8-6-11/h5-8H,3-4H2,1-2H3,(H2,19,20). The second-order valence-electron chi connectivity index (χ2n) is 4.68. The first-order chi connectivity index (χ1) is 9.58. The van der Waals surface area contributed by atoms with E-state index in [4.69, 9.17) is 17.3 Å². The van der Waals surface area contributed by atoms with E-state index < -0.39 is 0 Å². The molecule has 0 bridgehead atoms. The van der Waals surface area contributed by atoms with E-state index in [-0.39, 0.29) is 5.82 Å². The van der Waals surface area contributed by atoms with Crippen LogP contribution >= 0.6 is 11.6 Å². The predicted molar refractivity (Wildman–Crippen MR) is 82.5 cm³/mol. The molecule has 0 radical (unpaired) electrons. The molecule has 1 heterocycles.